The van der Waals surface area contributed by atoms with Crippen LogP contribution in [0.1, 0.15) is 12.8 Å². The van der Waals surface area contributed by atoms with Crippen LogP contribution in [0.5, 0.6) is 5.75 Å². The van der Waals surface area contributed by atoms with Crippen LogP contribution in [0, 0.1) is 5.92 Å². The number of benzene rings is 1. The van der Waals surface area contributed by atoms with Crippen molar-refractivity contribution in [1.29, 1.82) is 0 Å². The molecule has 1 aliphatic heterocycles. The maximum Gasteiger partial charge on any atom is 0.120 e. The third kappa shape index (κ3) is 4.11. The molecule has 0 aliphatic carbocycles. The van der Waals surface area contributed by atoms with Crippen LogP contribution in [-0.2, 0) is 4.74 Å². The molecule has 1 aromatic carbocycles. The van der Waals surface area contributed by atoms with E-state index in [-0.39, 0.29) is 0 Å². The van der Waals surface area contributed by atoms with Crippen LogP contribution in [0.25, 0.3) is 0 Å². The van der Waals surface area contributed by atoms with Gasteiger partial charge in [0.25, 0.3) is 0 Å². The first-order valence-electron chi connectivity index (χ1n) is 7.00. The van der Waals surface area contributed by atoms with Gasteiger partial charge in [-0.25, -0.2) is 0 Å². The fourth-order valence-electron chi connectivity index (χ4n) is 2.45. The lowest BCUT2D eigenvalue weighted by Gasteiger charge is -2.27. The highest BCUT2D eigenvalue weighted by atomic mass is 16.5. The Hall–Kier alpha value is -1.26. The molecule has 1 heterocycles. The van der Waals surface area contributed by atoms with Crippen LogP contribution in [0.3, 0.4) is 0 Å². The molecule has 1 fully saturated rings. The van der Waals surface area contributed by atoms with Crippen molar-refractivity contribution in [2.24, 2.45) is 11.7 Å². The van der Waals surface area contributed by atoms with Crippen LogP contribution >= 0.6 is 0 Å². The number of hydrogen-bond donors (Lipinski definition) is 1. The third-order valence-corrected chi connectivity index (χ3v) is 3.55. The third-order valence-electron chi connectivity index (χ3n) is 3.55. The van der Waals surface area contributed by atoms with Crippen molar-refractivity contribution < 1.29 is 9.47 Å². The molecule has 1 unspecified atom stereocenters. The normalized spacial score (nSPS) is 18.5. The fourth-order valence-corrected chi connectivity index (χ4v) is 2.45. The van der Waals surface area contributed by atoms with Gasteiger partial charge in [-0.15, -0.1) is 0 Å². The molecule has 0 bridgehead atoms. The number of hydrogen-bond acceptors (Lipinski definition) is 4. The average molecular weight is 264 g/mol. The lowest BCUT2D eigenvalue weighted by molar-refractivity contribution is 0.186. The number of nitrogens with two attached hydrogens (primary N) is 1. The maximum absolute atomic E-state index is 5.64. The Balaban J connectivity index is 2.05. The second-order valence-corrected chi connectivity index (χ2v) is 5.02. The van der Waals surface area contributed by atoms with Gasteiger partial charge in [0.05, 0.1) is 13.7 Å². The van der Waals surface area contributed by atoms with Gasteiger partial charge in [-0.1, -0.05) is 6.07 Å². The van der Waals surface area contributed by atoms with Gasteiger partial charge in [-0.3, -0.25) is 0 Å². The number of rotatable bonds is 7. The van der Waals surface area contributed by atoms with E-state index in [9.17, 15) is 0 Å². The van der Waals surface area contributed by atoms with Gasteiger partial charge in [0, 0.05) is 37.4 Å². The molecule has 2 rings (SSSR count). The van der Waals surface area contributed by atoms with Crippen LogP contribution in [0.15, 0.2) is 24.3 Å². The van der Waals surface area contributed by atoms with Crippen molar-refractivity contribution >= 4 is 5.69 Å². The zero-order valence-electron chi connectivity index (χ0n) is 11.7. The van der Waals surface area contributed by atoms with Gasteiger partial charge in [0.1, 0.15) is 5.75 Å². The van der Waals surface area contributed by atoms with Gasteiger partial charge in [-0.2, -0.15) is 0 Å². The van der Waals surface area contributed by atoms with Crippen molar-refractivity contribution in [3.05, 3.63) is 24.3 Å². The van der Waals surface area contributed by atoms with Crippen molar-refractivity contribution in [2.45, 2.75) is 12.8 Å². The van der Waals surface area contributed by atoms with Crippen LogP contribution < -0.4 is 15.4 Å². The first-order chi connectivity index (χ1) is 9.33. The van der Waals surface area contributed by atoms with Crippen LogP contribution in [0.2, 0.25) is 0 Å². The van der Waals surface area contributed by atoms with E-state index in [1.54, 1.807) is 7.11 Å². The van der Waals surface area contributed by atoms with E-state index in [1.165, 1.54) is 5.69 Å². The van der Waals surface area contributed by atoms with Crippen LogP contribution in [-0.4, -0.2) is 40.0 Å². The fraction of sp³-hybridized carbons (Fsp3) is 0.600. The number of ether oxygens (including phenoxy) is 2. The summed E-state index contributed by atoms with van der Waals surface area (Å²) in [5, 5.41) is 0. The van der Waals surface area contributed by atoms with Crippen molar-refractivity contribution in [3.8, 4) is 5.75 Å². The minimum absolute atomic E-state index is 0.629. The molecule has 106 valence electrons. The van der Waals surface area contributed by atoms with Crippen molar-refractivity contribution in [3.63, 3.8) is 0 Å². The van der Waals surface area contributed by atoms with Gasteiger partial charge >= 0.3 is 0 Å². The predicted octanol–water partition coefficient (Wildman–Crippen LogP) is 1.89. The Morgan fingerprint density at radius 3 is 3.05 bits per heavy atom. The molecule has 1 aromatic rings. The summed E-state index contributed by atoms with van der Waals surface area (Å²) in [6.07, 6.45) is 2.16. The largest absolute Gasteiger partial charge is 0.497 e. The number of anilines is 1. The zero-order chi connectivity index (χ0) is 13.5. The highest BCUT2D eigenvalue weighted by Gasteiger charge is 2.19. The second-order valence-electron chi connectivity index (χ2n) is 5.02. The molecule has 0 saturated carbocycles. The summed E-state index contributed by atoms with van der Waals surface area (Å²) in [5.41, 5.74) is 6.85. The Labute approximate surface area is 115 Å². The molecule has 0 aromatic heterocycles. The lowest BCUT2D eigenvalue weighted by atomic mass is 10.1. The highest BCUT2D eigenvalue weighted by molar-refractivity contribution is 5.50. The summed E-state index contributed by atoms with van der Waals surface area (Å²) < 4.78 is 10.8. The molecule has 0 amide bonds. The van der Waals surface area contributed by atoms with Gasteiger partial charge in [0.15, 0.2) is 0 Å². The average Bonchev–Trinajstić information content (AvgIpc) is 2.96. The minimum atomic E-state index is 0.629. The van der Waals surface area contributed by atoms with E-state index in [0.29, 0.717) is 5.92 Å². The summed E-state index contributed by atoms with van der Waals surface area (Å²) in [5.74, 6) is 1.53. The number of nitrogens with zero attached hydrogens (tertiary/aromatic N) is 1. The van der Waals surface area contributed by atoms with Gasteiger partial charge < -0.3 is 20.1 Å². The van der Waals surface area contributed by atoms with Gasteiger partial charge in [-0.05, 0) is 31.5 Å². The monoisotopic (exact) mass is 264 g/mol. The lowest BCUT2D eigenvalue weighted by Crippen LogP contribution is -2.31. The van der Waals surface area contributed by atoms with E-state index < -0.39 is 0 Å². The molecule has 0 spiro atoms. The quantitative estimate of drug-likeness (QED) is 0.817. The summed E-state index contributed by atoms with van der Waals surface area (Å²) in [4.78, 5) is 2.40. The molecule has 19 heavy (non-hydrogen) atoms. The molecule has 4 nitrogen and oxygen atoms in total. The van der Waals surface area contributed by atoms with Crippen molar-refractivity contribution in [1.82, 2.24) is 0 Å². The molecular weight excluding hydrogens is 240 g/mol. The molecule has 0 radical (unpaired) electrons. The standard InChI is InChI=1S/C15H24N2O2/c1-18-15-5-2-4-14(10-15)17(8-3-7-16)11-13-6-9-19-12-13/h2,4-5,10,13H,3,6-9,11-12,16H2,1H3. The Bertz CT molecular complexity index is 378. The van der Waals surface area contributed by atoms with E-state index in [1.807, 2.05) is 12.1 Å². The first-order valence-corrected chi connectivity index (χ1v) is 7.00. The van der Waals surface area contributed by atoms with E-state index in [2.05, 4.69) is 17.0 Å². The molecule has 1 saturated heterocycles. The smallest absolute Gasteiger partial charge is 0.120 e. The van der Waals surface area contributed by atoms with Gasteiger partial charge in [0.2, 0.25) is 0 Å². The zero-order valence-corrected chi connectivity index (χ0v) is 11.7. The molecule has 4 heteroatoms. The maximum atomic E-state index is 5.64. The highest BCUT2D eigenvalue weighted by Crippen LogP contribution is 2.24. The number of methoxy groups -OCH3 is 1. The topological polar surface area (TPSA) is 47.7 Å². The first kappa shape index (κ1) is 14.2. The minimum Gasteiger partial charge on any atom is -0.497 e. The summed E-state index contributed by atoms with van der Waals surface area (Å²) in [6, 6.07) is 8.24. The second kappa shape index (κ2) is 7.36. The van der Waals surface area contributed by atoms with E-state index in [4.69, 9.17) is 15.2 Å². The summed E-state index contributed by atoms with van der Waals surface area (Å²) in [6.45, 7) is 4.52. The SMILES string of the molecule is COc1cccc(N(CCCN)CC2CCOC2)c1. The van der Waals surface area contributed by atoms with E-state index >= 15 is 0 Å². The molecule has 1 aliphatic rings. The van der Waals surface area contributed by atoms with Crippen molar-refractivity contribution in [2.75, 3.05) is 44.9 Å². The Kier molecular flexibility index (Phi) is 5.48. The molecule has 2 N–H and O–H groups in total. The predicted molar refractivity (Wildman–Crippen MR) is 77.8 cm³/mol. The van der Waals surface area contributed by atoms with Crippen LogP contribution in [0.4, 0.5) is 5.69 Å². The Morgan fingerprint density at radius 1 is 1.47 bits per heavy atom. The molecular formula is C15H24N2O2. The summed E-state index contributed by atoms with van der Waals surface area (Å²) >= 11 is 0. The molecule has 1 atom stereocenters. The Morgan fingerprint density at radius 2 is 2.37 bits per heavy atom. The summed E-state index contributed by atoms with van der Waals surface area (Å²) in [7, 11) is 1.70. The van der Waals surface area contributed by atoms with E-state index in [0.717, 1.165) is 51.4 Å².